The maximum atomic E-state index is 13.3. The number of aryl methyl sites for hydroxylation is 6. The Morgan fingerprint density at radius 1 is 0.983 bits per heavy atom. The number of aromatic nitrogens is 4. The molecule has 0 amide bonds. The van der Waals surface area contributed by atoms with Crippen LogP contribution in [0.1, 0.15) is 68.2 Å². The molecule has 0 bridgehead atoms. The van der Waals surface area contributed by atoms with E-state index in [2.05, 4.69) is 25.8 Å². The molecule has 1 aliphatic heterocycles. The number of hydrogen-bond donors (Lipinski definition) is 2. The van der Waals surface area contributed by atoms with Gasteiger partial charge in [0.1, 0.15) is 5.75 Å². The molecule has 58 heavy (non-hydrogen) atoms. The zero-order valence-electron chi connectivity index (χ0n) is 34.5. The summed E-state index contributed by atoms with van der Waals surface area (Å²) in [6, 6.07) is 11.9. The Kier molecular flexibility index (Phi) is 12.1. The van der Waals surface area contributed by atoms with E-state index in [1.165, 1.54) is 12.8 Å². The second kappa shape index (κ2) is 17.1. The fraction of sp³-hybridized carbons (Fsp3) is 0.400. The van der Waals surface area contributed by atoms with E-state index in [1.807, 2.05) is 88.4 Å². The largest absolute Gasteiger partial charge is 0.494 e. The standard InChI is InChI=1S/C45H53Cl2N7O4/c1-27-21-32(22-28(2)42(27)47)58-20-10-11-33-34-12-13-37(46)41(40-29(3)49-52(7)30(40)4)44(34)54(39(33)26-55)19-18-50(5)38-24-31(48-14-17-53-15-8-9-16-53)23-35-36(45(56)57)25-51(6)43(35)38/h12-13,21-26,48H,8-11,14-20H2,1-7H3,(H,56,57). The van der Waals surface area contributed by atoms with Gasteiger partial charge in [-0.15, -0.1) is 0 Å². The number of rotatable bonds is 16. The Hall–Kier alpha value is -4.97. The Labute approximate surface area is 350 Å². The second-order valence-corrected chi connectivity index (χ2v) is 16.5. The first kappa shape index (κ1) is 41.2. The van der Waals surface area contributed by atoms with Crippen LogP contribution in [0.4, 0.5) is 11.4 Å². The number of fused-ring (bicyclic) bond motifs is 2. The van der Waals surface area contributed by atoms with E-state index in [9.17, 15) is 14.7 Å². The summed E-state index contributed by atoms with van der Waals surface area (Å²) < 4.78 is 12.1. The topological polar surface area (TPSA) is 110 Å². The smallest absolute Gasteiger partial charge is 0.337 e. The summed E-state index contributed by atoms with van der Waals surface area (Å²) >= 11 is 13.5. The van der Waals surface area contributed by atoms with Gasteiger partial charge in [-0.2, -0.15) is 5.10 Å². The molecule has 2 N–H and O–H groups in total. The highest BCUT2D eigenvalue weighted by atomic mass is 35.5. The van der Waals surface area contributed by atoms with Crippen molar-refractivity contribution in [3.8, 4) is 16.9 Å². The van der Waals surface area contributed by atoms with Crippen molar-refractivity contribution in [2.24, 2.45) is 14.1 Å². The van der Waals surface area contributed by atoms with Gasteiger partial charge in [-0.05, 0) is 113 Å². The lowest BCUT2D eigenvalue weighted by Crippen LogP contribution is -2.26. The van der Waals surface area contributed by atoms with Crippen LogP contribution in [0.15, 0.2) is 42.6 Å². The van der Waals surface area contributed by atoms with Crippen LogP contribution in [-0.2, 0) is 27.1 Å². The number of likely N-dealkylation sites (N-methyl/N-ethyl adjacent to an activating group) is 1. The second-order valence-electron chi connectivity index (χ2n) is 15.7. The number of nitrogens with zero attached hydrogens (tertiary/aromatic N) is 6. The quantitative estimate of drug-likeness (QED) is 0.0735. The molecule has 1 fully saturated rings. The van der Waals surface area contributed by atoms with Gasteiger partial charge in [0.2, 0.25) is 0 Å². The molecule has 13 heteroatoms. The minimum Gasteiger partial charge on any atom is -0.494 e. The lowest BCUT2D eigenvalue weighted by molar-refractivity contribution is 0.0698. The zero-order chi connectivity index (χ0) is 41.4. The lowest BCUT2D eigenvalue weighted by Gasteiger charge is -2.24. The van der Waals surface area contributed by atoms with Gasteiger partial charge in [-0.3, -0.25) is 9.48 Å². The summed E-state index contributed by atoms with van der Waals surface area (Å²) in [5.41, 5.74) is 10.8. The number of aromatic carboxylic acids is 1. The van der Waals surface area contributed by atoms with Crippen molar-refractivity contribution in [2.45, 2.75) is 59.9 Å². The highest BCUT2D eigenvalue weighted by Crippen LogP contribution is 2.42. The Balaban J connectivity index is 1.26. The molecule has 1 aliphatic rings. The Morgan fingerprint density at radius 3 is 2.36 bits per heavy atom. The molecule has 0 atom stereocenters. The molecule has 0 spiro atoms. The molecule has 0 aliphatic carbocycles. The van der Waals surface area contributed by atoms with E-state index in [0.29, 0.717) is 48.6 Å². The number of aldehydes is 1. The number of carbonyl (C=O) groups excluding carboxylic acids is 1. The molecule has 6 aromatic rings. The summed E-state index contributed by atoms with van der Waals surface area (Å²) in [6.07, 6.45) is 6.38. The van der Waals surface area contributed by atoms with Gasteiger partial charge in [-0.25, -0.2) is 4.79 Å². The summed E-state index contributed by atoms with van der Waals surface area (Å²) in [6.45, 7) is 13.3. The number of hydrogen-bond acceptors (Lipinski definition) is 7. The van der Waals surface area contributed by atoms with Crippen LogP contribution >= 0.6 is 23.2 Å². The van der Waals surface area contributed by atoms with Crippen molar-refractivity contribution in [1.29, 1.82) is 0 Å². The molecule has 11 nitrogen and oxygen atoms in total. The van der Waals surface area contributed by atoms with Crippen molar-refractivity contribution >= 4 is 68.6 Å². The molecular weight excluding hydrogens is 773 g/mol. The molecule has 0 saturated carbocycles. The number of anilines is 2. The minimum atomic E-state index is -0.968. The predicted octanol–water partition coefficient (Wildman–Crippen LogP) is 9.24. The number of halogens is 2. The summed E-state index contributed by atoms with van der Waals surface area (Å²) in [5, 5.41) is 21.5. The summed E-state index contributed by atoms with van der Waals surface area (Å²) in [7, 11) is 5.83. The van der Waals surface area contributed by atoms with Gasteiger partial charge >= 0.3 is 5.97 Å². The van der Waals surface area contributed by atoms with Crippen LogP contribution in [0, 0.1) is 27.7 Å². The van der Waals surface area contributed by atoms with Crippen molar-refractivity contribution < 1.29 is 19.4 Å². The highest BCUT2D eigenvalue weighted by molar-refractivity contribution is 6.35. The Morgan fingerprint density at radius 2 is 1.71 bits per heavy atom. The molecule has 3 aromatic carbocycles. The number of benzene rings is 3. The average Bonchev–Trinajstić information content (AvgIpc) is 3.96. The van der Waals surface area contributed by atoms with E-state index in [-0.39, 0.29) is 5.56 Å². The normalized spacial score (nSPS) is 13.3. The molecule has 1 saturated heterocycles. The predicted molar refractivity (Wildman–Crippen MR) is 236 cm³/mol. The fourth-order valence-corrected chi connectivity index (χ4v) is 9.12. The first-order chi connectivity index (χ1) is 27.8. The van der Waals surface area contributed by atoms with Gasteiger partial charge < -0.3 is 34.1 Å². The highest BCUT2D eigenvalue weighted by Gasteiger charge is 2.26. The van der Waals surface area contributed by atoms with Crippen molar-refractivity contribution in [3.63, 3.8) is 0 Å². The third-order valence-electron chi connectivity index (χ3n) is 11.8. The van der Waals surface area contributed by atoms with Gasteiger partial charge in [0, 0.05) is 91.8 Å². The summed E-state index contributed by atoms with van der Waals surface area (Å²) in [4.78, 5) is 30.3. The molecule has 306 valence electrons. The van der Waals surface area contributed by atoms with Crippen LogP contribution < -0.4 is 15.0 Å². The van der Waals surface area contributed by atoms with Gasteiger partial charge in [0.05, 0.1) is 45.3 Å². The number of carboxylic acids is 1. The molecule has 0 radical (unpaired) electrons. The molecular formula is C45H53Cl2N7O4. The van der Waals surface area contributed by atoms with Crippen LogP contribution in [0.5, 0.6) is 5.75 Å². The van der Waals surface area contributed by atoms with Gasteiger partial charge in [-0.1, -0.05) is 29.3 Å². The first-order valence-corrected chi connectivity index (χ1v) is 20.8. The van der Waals surface area contributed by atoms with Crippen molar-refractivity contribution in [3.05, 3.63) is 92.0 Å². The van der Waals surface area contributed by atoms with Crippen LogP contribution in [0.3, 0.4) is 0 Å². The molecule has 3 aromatic heterocycles. The van der Waals surface area contributed by atoms with E-state index < -0.39 is 5.97 Å². The SMILES string of the molecule is Cc1cc(OCCCc2c(C=O)n(CCN(C)c3cc(NCCN4CCCC4)cc4c(C(=O)O)cn(C)c34)c3c(-c4c(C)nn(C)c4C)c(Cl)ccc23)cc(C)c1Cl. The van der Waals surface area contributed by atoms with E-state index in [1.54, 1.807) is 6.20 Å². The molecule has 4 heterocycles. The summed E-state index contributed by atoms with van der Waals surface area (Å²) in [5.74, 6) is -0.199. The number of carboxylic acid groups (broad SMARTS) is 1. The van der Waals surface area contributed by atoms with Crippen LogP contribution in [0.25, 0.3) is 32.9 Å². The monoisotopic (exact) mass is 825 g/mol. The minimum absolute atomic E-state index is 0.256. The Bertz CT molecular complexity index is 2500. The van der Waals surface area contributed by atoms with E-state index in [0.717, 1.165) is 110 Å². The molecule has 7 rings (SSSR count). The molecule has 0 unspecified atom stereocenters. The third-order valence-corrected chi connectivity index (χ3v) is 12.7. The van der Waals surface area contributed by atoms with E-state index in [4.69, 9.17) is 33.0 Å². The van der Waals surface area contributed by atoms with Crippen LogP contribution in [0.2, 0.25) is 10.0 Å². The van der Waals surface area contributed by atoms with Crippen molar-refractivity contribution in [1.82, 2.24) is 23.8 Å². The number of nitrogens with one attached hydrogen (secondary N) is 1. The maximum absolute atomic E-state index is 13.3. The third kappa shape index (κ3) is 7.92. The zero-order valence-corrected chi connectivity index (χ0v) is 36.0. The average molecular weight is 827 g/mol. The number of likely N-dealkylation sites (tertiary alicyclic amines) is 1. The van der Waals surface area contributed by atoms with E-state index >= 15 is 0 Å². The van der Waals surface area contributed by atoms with Gasteiger partial charge in [0.25, 0.3) is 0 Å². The number of ether oxygens (including phenoxy) is 1. The lowest BCUT2D eigenvalue weighted by atomic mass is 9.98. The van der Waals surface area contributed by atoms with Crippen molar-refractivity contribution in [2.75, 3.05) is 56.6 Å². The van der Waals surface area contributed by atoms with Gasteiger partial charge in [0.15, 0.2) is 6.29 Å². The fourth-order valence-electron chi connectivity index (χ4n) is 8.76. The van der Waals surface area contributed by atoms with Crippen LogP contribution in [-0.4, -0.2) is 87.6 Å². The maximum Gasteiger partial charge on any atom is 0.337 e. The first-order valence-electron chi connectivity index (χ1n) is 20.0. The number of carbonyl (C=O) groups is 2.